The molecule has 0 saturated carbocycles. The Bertz CT molecular complexity index is 975. The molecular formula is C21H25N3. The number of rotatable bonds is 4. The lowest BCUT2D eigenvalue weighted by Crippen LogP contribution is -2.14. The van der Waals surface area contributed by atoms with Crippen LogP contribution in [0.15, 0.2) is 67.0 Å². The Kier molecular flexibility index (Phi) is 4.63. The summed E-state index contributed by atoms with van der Waals surface area (Å²) in [6, 6.07) is 19.2. The highest BCUT2D eigenvalue weighted by Gasteiger charge is 2.03. The van der Waals surface area contributed by atoms with Gasteiger partial charge < -0.3 is 9.72 Å². The number of hydrogen-bond donors (Lipinski definition) is 1. The van der Waals surface area contributed by atoms with Crippen LogP contribution in [0.25, 0.3) is 16.4 Å². The molecule has 0 fully saturated rings. The largest absolute Gasteiger partial charge is 0.307 e. The molecule has 124 valence electrons. The Hall–Kier alpha value is -2.65. The predicted octanol–water partition coefficient (Wildman–Crippen LogP) is 4.97. The van der Waals surface area contributed by atoms with Gasteiger partial charge in [0.25, 0.3) is 0 Å². The van der Waals surface area contributed by atoms with Crippen LogP contribution in [0.4, 0.5) is 0 Å². The van der Waals surface area contributed by atoms with E-state index in [1.165, 1.54) is 27.6 Å². The molecule has 3 nitrogen and oxygen atoms in total. The number of aryl methyl sites for hydroxylation is 1. The van der Waals surface area contributed by atoms with E-state index in [1.807, 2.05) is 6.20 Å². The summed E-state index contributed by atoms with van der Waals surface area (Å²) in [6.45, 7) is 3.76. The summed E-state index contributed by atoms with van der Waals surface area (Å²) < 4.78 is 2.16. The second kappa shape index (κ2) is 6.85. The molecule has 0 atom stereocenters. The molecule has 2 aromatic carbocycles. The Balaban J connectivity index is 0.00000113. The molecular weight excluding hydrogens is 294 g/mol. The van der Waals surface area contributed by atoms with Gasteiger partial charge in [0.1, 0.15) is 5.65 Å². The summed E-state index contributed by atoms with van der Waals surface area (Å²) in [5.41, 5.74) is 4.72. The summed E-state index contributed by atoms with van der Waals surface area (Å²) in [5, 5.41) is 6.09. The first kappa shape index (κ1) is 16.2. The lowest BCUT2D eigenvalue weighted by Gasteiger charge is -2.07. The van der Waals surface area contributed by atoms with Gasteiger partial charge >= 0.3 is 0 Å². The molecule has 4 rings (SSSR count). The fourth-order valence-electron chi connectivity index (χ4n) is 2.95. The van der Waals surface area contributed by atoms with Gasteiger partial charge in [0.15, 0.2) is 0 Å². The van der Waals surface area contributed by atoms with Gasteiger partial charge in [-0.25, -0.2) is 4.98 Å². The number of fused-ring (bicyclic) bond motifs is 2. The zero-order valence-corrected chi connectivity index (χ0v) is 13.2. The molecule has 2 heterocycles. The highest BCUT2D eigenvalue weighted by molar-refractivity contribution is 5.82. The van der Waals surface area contributed by atoms with Crippen molar-refractivity contribution in [3.8, 4) is 0 Å². The molecule has 0 aliphatic heterocycles. The van der Waals surface area contributed by atoms with Crippen LogP contribution in [0.3, 0.4) is 0 Å². The Morgan fingerprint density at radius 2 is 1.83 bits per heavy atom. The minimum Gasteiger partial charge on any atom is -0.307 e. The third kappa shape index (κ3) is 3.17. The molecule has 0 bridgehead atoms. The van der Waals surface area contributed by atoms with Crippen LogP contribution in [0.5, 0.6) is 0 Å². The molecule has 0 aliphatic rings. The highest BCUT2D eigenvalue weighted by atomic mass is 15.0. The zero-order valence-electron chi connectivity index (χ0n) is 13.2. The third-order valence-corrected chi connectivity index (χ3v) is 4.18. The number of nitrogens with one attached hydrogen (secondary N) is 1. The van der Waals surface area contributed by atoms with Gasteiger partial charge in [-0.2, -0.15) is 0 Å². The van der Waals surface area contributed by atoms with Crippen molar-refractivity contribution < 1.29 is 1.43 Å². The summed E-state index contributed by atoms with van der Waals surface area (Å²) in [5.74, 6) is 0. The Morgan fingerprint density at radius 3 is 2.71 bits per heavy atom. The number of nitrogens with zero attached hydrogens (tertiary/aromatic N) is 2. The number of aromatic nitrogens is 2. The van der Waals surface area contributed by atoms with Gasteiger partial charge in [0.05, 0.1) is 11.9 Å². The van der Waals surface area contributed by atoms with Gasteiger partial charge in [0, 0.05) is 20.7 Å². The molecule has 4 aromatic rings. The quantitative estimate of drug-likeness (QED) is 0.575. The molecule has 2 aromatic heterocycles. The molecule has 0 aliphatic carbocycles. The second-order valence-electron chi connectivity index (χ2n) is 5.97. The van der Waals surface area contributed by atoms with Crippen molar-refractivity contribution in [2.45, 2.75) is 27.4 Å². The van der Waals surface area contributed by atoms with Crippen molar-refractivity contribution in [2.24, 2.45) is 0 Å². The van der Waals surface area contributed by atoms with Gasteiger partial charge in [-0.15, -0.1) is 0 Å². The number of pyridine rings is 1. The maximum atomic E-state index is 4.45. The van der Waals surface area contributed by atoms with Gasteiger partial charge in [-0.05, 0) is 41.0 Å². The van der Waals surface area contributed by atoms with Crippen molar-refractivity contribution in [2.75, 3.05) is 0 Å². The normalized spacial score (nSPS) is 10.9. The molecule has 0 unspecified atom stereocenters. The third-order valence-electron chi connectivity index (χ3n) is 4.18. The van der Waals surface area contributed by atoms with Gasteiger partial charge in [0.2, 0.25) is 0 Å². The topological polar surface area (TPSA) is 29.3 Å². The van der Waals surface area contributed by atoms with Crippen LogP contribution >= 0.6 is 0 Å². The molecule has 1 N–H and O–H groups in total. The van der Waals surface area contributed by atoms with E-state index in [0.717, 1.165) is 18.7 Å². The van der Waals surface area contributed by atoms with Crippen molar-refractivity contribution in [3.05, 3.63) is 83.8 Å². The van der Waals surface area contributed by atoms with Crippen LogP contribution in [0.2, 0.25) is 0 Å². The lowest BCUT2D eigenvalue weighted by molar-refractivity contribution is 0.676. The molecule has 0 radical (unpaired) electrons. The first-order valence-electron chi connectivity index (χ1n) is 7.90. The maximum Gasteiger partial charge on any atom is 0.136 e. The Morgan fingerprint density at radius 1 is 1.00 bits per heavy atom. The van der Waals surface area contributed by atoms with Crippen molar-refractivity contribution >= 4 is 16.4 Å². The standard InChI is InChI=1S/C20H19N3.CH4.H2/c1-15-6-9-20-22-13-19(23(20)14-15)12-21-11-16-7-8-17-4-2-3-5-18(17)10-16;;/h2-10,13-14,21H,11-12H2,1H3;1H4;1H. The van der Waals surface area contributed by atoms with E-state index in [0.29, 0.717) is 0 Å². The minimum atomic E-state index is 0. The summed E-state index contributed by atoms with van der Waals surface area (Å²) in [4.78, 5) is 4.45. The molecule has 3 heteroatoms. The molecule has 24 heavy (non-hydrogen) atoms. The van der Waals surface area contributed by atoms with E-state index in [2.05, 4.69) is 82.4 Å². The minimum absolute atomic E-state index is 0. The van der Waals surface area contributed by atoms with Crippen molar-refractivity contribution in [1.29, 1.82) is 0 Å². The van der Waals surface area contributed by atoms with E-state index < -0.39 is 0 Å². The molecule has 0 amide bonds. The molecule has 0 spiro atoms. The summed E-state index contributed by atoms with van der Waals surface area (Å²) in [6.07, 6.45) is 4.08. The van der Waals surface area contributed by atoms with Crippen LogP contribution in [0, 0.1) is 6.92 Å². The highest BCUT2D eigenvalue weighted by Crippen LogP contribution is 2.15. The average molecular weight is 319 g/mol. The van der Waals surface area contributed by atoms with Gasteiger partial charge in [-0.3, -0.25) is 0 Å². The predicted molar refractivity (Wildman–Crippen MR) is 103 cm³/mol. The monoisotopic (exact) mass is 319 g/mol. The first-order chi connectivity index (χ1) is 11.3. The van der Waals surface area contributed by atoms with Gasteiger partial charge in [-0.1, -0.05) is 49.9 Å². The maximum absolute atomic E-state index is 4.45. The number of benzene rings is 2. The average Bonchev–Trinajstić information content (AvgIpc) is 2.97. The number of imidazole rings is 1. The summed E-state index contributed by atoms with van der Waals surface area (Å²) >= 11 is 0. The van der Waals surface area contributed by atoms with E-state index >= 15 is 0 Å². The summed E-state index contributed by atoms with van der Waals surface area (Å²) in [7, 11) is 0. The van der Waals surface area contributed by atoms with Crippen LogP contribution in [-0.2, 0) is 13.1 Å². The van der Waals surface area contributed by atoms with E-state index in [-0.39, 0.29) is 8.85 Å². The van der Waals surface area contributed by atoms with E-state index in [4.69, 9.17) is 0 Å². The zero-order chi connectivity index (χ0) is 15.6. The fourth-order valence-corrected chi connectivity index (χ4v) is 2.95. The van der Waals surface area contributed by atoms with Crippen LogP contribution < -0.4 is 5.32 Å². The fraction of sp³-hybridized carbons (Fsp3) is 0.190. The first-order valence-corrected chi connectivity index (χ1v) is 7.90. The second-order valence-corrected chi connectivity index (χ2v) is 5.97. The van der Waals surface area contributed by atoms with E-state index in [1.54, 1.807) is 0 Å². The lowest BCUT2D eigenvalue weighted by atomic mass is 10.1. The number of hydrogen-bond acceptors (Lipinski definition) is 2. The van der Waals surface area contributed by atoms with Crippen LogP contribution in [0.1, 0.15) is 25.7 Å². The van der Waals surface area contributed by atoms with Crippen LogP contribution in [-0.4, -0.2) is 9.38 Å². The smallest absolute Gasteiger partial charge is 0.136 e. The van der Waals surface area contributed by atoms with Crippen molar-refractivity contribution in [3.63, 3.8) is 0 Å². The Labute approximate surface area is 144 Å². The van der Waals surface area contributed by atoms with Crippen molar-refractivity contribution in [1.82, 2.24) is 14.7 Å². The van der Waals surface area contributed by atoms with E-state index in [9.17, 15) is 0 Å². The molecule has 0 saturated heterocycles. The SMILES string of the molecule is C.Cc1ccc2ncc(CNCc3ccc4ccccc4c3)n2c1.[HH].